The fourth-order valence-corrected chi connectivity index (χ4v) is 12.0. The van der Waals surface area contributed by atoms with E-state index < -0.39 is 18.3 Å². The Labute approximate surface area is 180 Å². The van der Waals surface area contributed by atoms with Crippen molar-refractivity contribution in [2.45, 2.75) is 37.6 Å². The zero-order chi connectivity index (χ0) is 22.0. The van der Waals surface area contributed by atoms with Crippen LogP contribution in [0.2, 0.25) is 5.04 Å². The maximum atomic E-state index is 13.6. The van der Waals surface area contributed by atoms with Gasteiger partial charge in [-0.15, -0.1) is 0 Å². The van der Waals surface area contributed by atoms with E-state index in [-0.39, 0.29) is 15.7 Å². The number of hydrogen-bond acceptors (Lipinski definition) is 3. The molecule has 6 heteroatoms. The number of sulfonamides is 1. The second-order valence-corrected chi connectivity index (χ2v) is 14.9. The van der Waals surface area contributed by atoms with Crippen molar-refractivity contribution in [2.24, 2.45) is 0 Å². The van der Waals surface area contributed by atoms with E-state index in [2.05, 4.69) is 25.2 Å². The molecule has 0 aliphatic heterocycles. The van der Waals surface area contributed by atoms with E-state index in [1.807, 2.05) is 60.7 Å². The second-order valence-electron chi connectivity index (χ2n) is 8.42. The highest BCUT2D eigenvalue weighted by molar-refractivity contribution is 7.91. The zero-order valence-electron chi connectivity index (χ0n) is 17.7. The Morgan fingerprint density at radius 1 is 0.767 bits per heavy atom. The lowest BCUT2D eigenvalue weighted by atomic mass is 10.2. The standard InChI is InChI=1S/C24H27NO3SSi/c1-19(26)20-15-17-21(18-16-20)29(27,28)25-30(24(2,3)4,22-11-7-5-8-12-22)23-13-9-6-10-14-23/h5-18,25H,1-4H3. The SMILES string of the molecule is CC(=O)c1ccc(S(=O)(=O)N[Si](c2ccccc2)(c2ccccc2)C(C)(C)C)cc1. The van der Waals surface area contributed by atoms with Crippen LogP contribution >= 0.6 is 0 Å². The fourth-order valence-electron chi connectivity index (χ4n) is 3.81. The van der Waals surface area contributed by atoms with Crippen LogP contribution in [0.1, 0.15) is 38.1 Å². The summed E-state index contributed by atoms with van der Waals surface area (Å²) in [4.78, 5) is 11.7. The molecule has 1 N–H and O–H groups in total. The van der Waals surface area contributed by atoms with Gasteiger partial charge in [-0.3, -0.25) is 4.79 Å². The van der Waals surface area contributed by atoms with Gasteiger partial charge in [-0.1, -0.05) is 93.6 Å². The van der Waals surface area contributed by atoms with Gasteiger partial charge in [-0.05, 0) is 34.5 Å². The summed E-state index contributed by atoms with van der Waals surface area (Å²) in [5.41, 5.74) is 0.486. The van der Waals surface area contributed by atoms with Crippen LogP contribution in [0.5, 0.6) is 0 Å². The normalized spacial score (nSPS) is 12.5. The summed E-state index contributed by atoms with van der Waals surface area (Å²) in [5, 5.41) is 1.63. The van der Waals surface area contributed by atoms with Crippen LogP contribution in [0.3, 0.4) is 0 Å². The van der Waals surface area contributed by atoms with Gasteiger partial charge in [0.2, 0.25) is 18.3 Å². The monoisotopic (exact) mass is 437 g/mol. The number of hydrogen-bond donors (Lipinski definition) is 1. The molecular weight excluding hydrogens is 410 g/mol. The molecule has 0 unspecified atom stereocenters. The topological polar surface area (TPSA) is 63.2 Å². The Morgan fingerprint density at radius 3 is 1.57 bits per heavy atom. The predicted molar refractivity (Wildman–Crippen MR) is 124 cm³/mol. The molecule has 3 aromatic rings. The summed E-state index contributed by atoms with van der Waals surface area (Å²) in [6.45, 7) is 7.71. The van der Waals surface area contributed by atoms with Crippen LogP contribution in [-0.4, -0.2) is 22.4 Å². The molecule has 0 saturated heterocycles. The highest BCUT2D eigenvalue weighted by atomic mass is 32.2. The Morgan fingerprint density at radius 2 is 1.20 bits per heavy atom. The number of ketones is 1. The van der Waals surface area contributed by atoms with E-state index in [1.54, 1.807) is 12.1 Å². The van der Waals surface area contributed by atoms with Gasteiger partial charge in [0.25, 0.3) is 0 Å². The van der Waals surface area contributed by atoms with Gasteiger partial charge >= 0.3 is 0 Å². The Kier molecular flexibility index (Phi) is 6.13. The summed E-state index contributed by atoms with van der Waals surface area (Å²) in [6, 6.07) is 25.8. The maximum Gasteiger partial charge on any atom is 0.235 e. The first kappa shape index (κ1) is 22.1. The van der Waals surface area contributed by atoms with Crippen molar-refractivity contribution in [3.05, 3.63) is 90.5 Å². The summed E-state index contributed by atoms with van der Waals surface area (Å²) in [7, 11) is -6.85. The van der Waals surface area contributed by atoms with E-state index in [9.17, 15) is 13.2 Å². The Hall–Kier alpha value is -2.54. The van der Waals surface area contributed by atoms with Crippen molar-refractivity contribution in [1.82, 2.24) is 4.39 Å². The molecule has 0 saturated carbocycles. The molecular formula is C24H27NO3SSi. The molecule has 0 radical (unpaired) electrons. The van der Waals surface area contributed by atoms with Gasteiger partial charge in [0.1, 0.15) is 0 Å². The van der Waals surface area contributed by atoms with Gasteiger partial charge < -0.3 is 0 Å². The molecule has 3 rings (SSSR count). The highest BCUT2D eigenvalue weighted by Gasteiger charge is 2.51. The van der Waals surface area contributed by atoms with E-state index in [1.165, 1.54) is 19.1 Å². The summed E-state index contributed by atoms with van der Waals surface area (Å²) in [6.07, 6.45) is 0. The lowest BCUT2D eigenvalue weighted by Gasteiger charge is -2.43. The smallest absolute Gasteiger partial charge is 0.235 e. The third-order valence-electron chi connectivity index (χ3n) is 5.40. The molecule has 0 fully saturated rings. The van der Waals surface area contributed by atoms with Crippen molar-refractivity contribution in [3.8, 4) is 0 Å². The summed E-state index contributed by atoms with van der Waals surface area (Å²) in [5.74, 6) is -0.0982. The summed E-state index contributed by atoms with van der Waals surface area (Å²) >= 11 is 0. The molecule has 30 heavy (non-hydrogen) atoms. The molecule has 156 valence electrons. The highest BCUT2D eigenvalue weighted by Crippen LogP contribution is 2.35. The van der Waals surface area contributed by atoms with Crippen LogP contribution in [0.25, 0.3) is 0 Å². The second kappa shape index (κ2) is 8.30. The van der Waals surface area contributed by atoms with Crippen molar-refractivity contribution < 1.29 is 13.2 Å². The lowest BCUT2D eigenvalue weighted by Crippen LogP contribution is -2.74. The first-order valence-corrected chi connectivity index (χ1v) is 13.3. The van der Waals surface area contributed by atoms with Crippen molar-refractivity contribution >= 4 is 34.4 Å². The zero-order valence-corrected chi connectivity index (χ0v) is 19.5. The van der Waals surface area contributed by atoms with Gasteiger partial charge in [-0.25, -0.2) is 12.8 Å². The largest absolute Gasteiger partial charge is 0.295 e. The van der Waals surface area contributed by atoms with Gasteiger partial charge in [0.15, 0.2) is 5.78 Å². The number of rotatable bonds is 6. The number of benzene rings is 3. The molecule has 4 nitrogen and oxygen atoms in total. The number of Topliss-reactive ketones (excluding diaryl/α,β-unsaturated/α-hetero) is 1. The summed E-state index contributed by atoms with van der Waals surface area (Å²) < 4.78 is 30.3. The third-order valence-corrected chi connectivity index (χ3v) is 13.2. The van der Waals surface area contributed by atoms with Crippen LogP contribution < -0.4 is 14.8 Å². The molecule has 0 bridgehead atoms. The average Bonchev–Trinajstić information content (AvgIpc) is 2.72. The minimum atomic E-state index is -3.84. The van der Waals surface area contributed by atoms with E-state index in [4.69, 9.17) is 0 Å². The Balaban J connectivity index is 2.21. The minimum Gasteiger partial charge on any atom is -0.295 e. The average molecular weight is 438 g/mol. The minimum absolute atomic E-state index is 0.0982. The Bertz CT molecular complexity index is 1080. The van der Waals surface area contributed by atoms with Crippen LogP contribution in [0.4, 0.5) is 0 Å². The van der Waals surface area contributed by atoms with Crippen LogP contribution in [-0.2, 0) is 10.0 Å². The number of carbonyl (C=O) groups is 1. The van der Waals surface area contributed by atoms with Crippen molar-refractivity contribution in [1.29, 1.82) is 0 Å². The van der Waals surface area contributed by atoms with Crippen LogP contribution in [0.15, 0.2) is 89.8 Å². The molecule has 0 aliphatic carbocycles. The van der Waals surface area contributed by atoms with Crippen molar-refractivity contribution in [3.63, 3.8) is 0 Å². The maximum absolute atomic E-state index is 13.6. The van der Waals surface area contributed by atoms with Crippen LogP contribution in [0, 0.1) is 0 Å². The van der Waals surface area contributed by atoms with Gasteiger partial charge in [-0.2, -0.15) is 0 Å². The van der Waals surface area contributed by atoms with Gasteiger partial charge in [0.05, 0.1) is 4.90 Å². The third kappa shape index (κ3) is 4.17. The van der Waals surface area contributed by atoms with E-state index in [0.717, 1.165) is 10.4 Å². The fraction of sp³-hybridized carbons (Fsp3) is 0.208. The number of carbonyl (C=O) groups excluding carboxylic acids is 1. The first-order chi connectivity index (χ1) is 14.1. The lowest BCUT2D eigenvalue weighted by molar-refractivity contribution is 0.101. The molecule has 0 heterocycles. The molecule has 0 amide bonds. The molecule has 0 atom stereocenters. The number of nitrogens with one attached hydrogen (secondary N) is 1. The van der Waals surface area contributed by atoms with E-state index in [0.29, 0.717) is 5.56 Å². The first-order valence-electron chi connectivity index (χ1n) is 9.84. The predicted octanol–water partition coefficient (Wildman–Crippen LogP) is 3.73. The molecule has 0 aliphatic rings. The van der Waals surface area contributed by atoms with Crippen molar-refractivity contribution in [2.75, 3.05) is 0 Å². The quantitative estimate of drug-likeness (QED) is 0.472. The molecule has 0 aromatic heterocycles. The van der Waals surface area contributed by atoms with Gasteiger partial charge in [0, 0.05) is 5.56 Å². The molecule has 3 aromatic carbocycles. The van der Waals surface area contributed by atoms with E-state index >= 15 is 0 Å². The molecule has 0 spiro atoms.